The second-order valence-electron chi connectivity index (χ2n) is 3.94. The highest BCUT2D eigenvalue weighted by Gasteiger charge is 2.05. The number of anilines is 2. The maximum atomic E-state index is 5.68. The third-order valence-electron chi connectivity index (χ3n) is 2.37. The van der Waals surface area contributed by atoms with Gasteiger partial charge in [0.15, 0.2) is 5.82 Å². The van der Waals surface area contributed by atoms with Gasteiger partial charge in [-0.25, -0.2) is 0 Å². The molecule has 0 saturated heterocycles. The molecule has 0 saturated carbocycles. The van der Waals surface area contributed by atoms with Crippen LogP contribution in [0.5, 0.6) is 0 Å². The lowest BCUT2D eigenvalue weighted by molar-refractivity contribution is 0.152. The third-order valence-corrected chi connectivity index (χ3v) is 2.37. The van der Waals surface area contributed by atoms with Gasteiger partial charge in [0.2, 0.25) is 11.9 Å². The molecule has 0 spiro atoms. The Morgan fingerprint density at radius 1 is 1.16 bits per heavy atom. The van der Waals surface area contributed by atoms with Gasteiger partial charge in [0.1, 0.15) is 6.73 Å². The molecular weight excluding hydrogens is 242 g/mol. The van der Waals surface area contributed by atoms with Crippen molar-refractivity contribution in [1.29, 1.82) is 0 Å². The summed E-state index contributed by atoms with van der Waals surface area (Å²) in [5.41, 5.74) is 6.58. The van der Waals surface area contributed by atoms with Crippen molar-refractivity contribution in [2.75, 3.05) is 24.4 Å². The minimum atomic E-state index is 0.187. The van der Waals surface area contributed by atoms with Gasteiger partial charge < -0.3 is 15.8 Å². The summed E-state index contributed by atoms with van der Waals surface area (Å²) in [5.74, 6) is 1.15. The highest BCUT2D eigenvalue weighted by molar-refractivity contribution is 5.57. The van der Waals surface area contributed by atoms with Crippen LogP contribution in [0.4, 0.5) is 11.9 Å². The van der Waals surface area contributed by atoms with E-state index in [1.165, 1.54) is 0 Å². The van der Waals surface area contributed by atoms with E-state index in [0.29, 0.717) is 25.1 Å². The first-order valence-corrected chi connectivity index (χ1v) is 6.18. The molecule has 0 aliphatic carbocycles. The lowest BCUT2D eigenvalue weighted by atomic mass is 10.2. The molecule has 3 N–H and O–H groups in total. The van der Waals surface area contributed by atoms with Crippen molar-refractivity contribution in [1.82, 2.24) is 15.0 Å². The van der Waals surface area contributed by atoms with Gasteiger partial charge in [0, 0.05) is 12.2 Å². The predicted molar refractivity (Wildman–Crippen MR) is 74.4 cm³/mol. The van der Waals surface area contributed by atoms with E-state index in [0.717, 1.165) is 12.0 Å². The summed E-state index contributed by atoms with van der Waals surface area (Å²) in [7, 11) is 0. The summed E-state index contributed by atoms with van der Waals surface area (Å²) < 4.78 is 5.32. The number of aromatic nitrogens is 3. The summed E-state index contributed by atoms with van der Waals surface area (Å²) >= 11 is 0. The SMILES string of the molecule is CCCOCNc1nc(N)nc(-c2ccccc2)n1. The fraction of sp³-hybridized carbons (Fsp3) is 0.308. The maximum absolute atomic E-state index is 5.68. The largest absolute Gasteiger partial charge is 0.368 e. The Morgan fingerprint density at radius 3 is 2.68 bits per heavy atom. The van der Waals surface area contributed by atoms with E-state index in [-0.39, 0.29) is 5.95 Å². The van der Waals surface area contributed by atoms with Gasteiger partial charge in [-0.3, -0.25) is 0 Å². The monoisotopic (exact) mass is 259 g/mol. The second kappa shape index (κ2) is 6.65. The number of benzene rings is 1. The zero-order valence-electron chi connectivity index (χ0n) is 10.8. The third kappa shape index (κ3) is 3.89. The standard InChI is InChI=1S/C13H17N5O/c1-2-8-19-9-15-13-17-11(16-12(14)18-13)10-6-4-3-5-7-10/h3-7H,2,8-9H2,1H3,(H3,14,15,16,17,18). The fourth-order valence-corrected chi connectivity index (χ4v) is 1.52. The lowest BCUT2D eigenvalue weighted by Crippen LogP contribution is -2.11. The first kappa shape index (κ1) is 13.2. The number of rotatable bonds is 6. The average molecular weight is 259 g/mol. The number of nitrogens with one attached hydrogen (secondary N) is 1. The molecule has 1 aromatic carbocycles. The van der Waals surface area contributed by atoms with Gasteiger partial charge in [0.05, 0.1) is 0 Å². The normalized spacial score (nSPS) is 10.4. The molecule has 6 nitrogen and oxygen atoms in total. The van der Waals surface area contributed by atoms with E-state index in [2.05, 4.69) is 27.2 Å². The van der Waals surface area contributed by atoms with E-state index < -0.39 is 0 Å². The van der Waals surface area contributed by atoms with Crippen molar-refractivity contribution in [3.63, 3.8) is 0 Å². The molecule has 0 bridgehead atoms. The summed E-state index contributed by atoms with van der Waals surface area (Å²) in [6.45, 7) is 3.10. The molecular formula is C13H17N5O. The molecule has 0 aliphatic rings. The summed E-state index contributed by atoms with van der Waals surface area (Å²) in [6.07, 6.45) is 0.969. The maximum Gasteiger partial charge on any atom is 0.229 e. The Bertz CT molecular complexity index is 518. The molecule has 2 rings (SSSR count). The van der Waals surface area contributed by atoms with Crippen LogP contribution < -0.4 is 11.1 Å². The van der Waals surface area contributed by atoms with Gasteiger partial charge in [-0.05, 0) is 6.42 Å². The van der Waals surface area contributed by atoms with Gasteiger partial charge >= 0.3 is 0 Å². The van der Waals surface area contributed by atoms with Gasteiger partial charge in [-0.2, -0.15) is 15.0 Å². The predicted octanol–water partition coefficient (Wildman–Crippen LogP) is 1.92. The zero-order chi connectivity index (χ0) is 13.5. The summed E-state index contributed by atoms with van der Waals surface area (Å²) in [6, 6.07) is 9.63. The Morgan fingerprint density at radius 2 is 1.95 bits per heavy atom. The van der Waals surface area contributed by atoms with Gasteiger partial charge in [0.25, 0.3) is 0 Å². The van der Waals surface area contributed by atoms with Crippen LogP contribution in [-0.4, -0.2) is 28.3 Å². The van der Waals surface area contributed by atoms with Crippen LogP contribution in [0.2, 0.25) is 0 Å². The highest BCUT2D eigenvalue weighted by Crippen LogP contribution is 2.16. The van der Waals surface area contributed by atoms with E-state index in [1.807, 2.05) is 30.3 Å². The number of hydrogen-bond donors (Lipinski definition) is 2. The van der Waals surface area contributed by atoms with E-state index in [4.69, 9.17) is 10.5 Å². The van der Waals surface area contributed by atoms with E-state index in [1.54, 1.807) is 0 Å². The number of nitrogen functional groups attached to an aromatic ring is 1. The van der Waals surface area contributed by atoms with Gasteiger partial charge in [-0.15, -0.1) is 0 Å². The molecule has 19 heavy (non-hydrogen) atoms. The minimum absolute atomic E-state index is 0.187. The van der Waals surface area contributed by atoms with Crippen LogP contribution in [0.25, 0.3) is 11.4 Å². The first-order chi connectivity index (χ1) is 9.29. The van der Waals surface area contributed by atoms with E-state index in [9.17, 15) is 0 Å². The molecule has 0 aliphatic heterocycles. The van der Waals surface area contributed by atoms with E-state index >= 15 is 0 Å². The number of ether oxygens (including phenoxy) is 1. The van der Waals surface area contributed by atoms with Crippen molar-refractivity contribution in [2.45, 2.75) is 13.3 Å². The van der Waals surface area contributed by atoms with Gasteiger partial charge in [-0.1, -0.05) is 37.3 Å². The molecule has 100 valence electrons. The topological polar surface area (TPSA) is 86.0 Å². The molecule has 0 atom stereocenters. The zero-order valence-corrected chi connectivity index (χ0v) is 10.8. The molecule has 0 amide bonds. The lowest BCUT2D eigenvalue weighted by Gasteiger charge is -2.07. The second-order valence-corrected chi connectivity index (χ2v) is 3.94. The Kier molecular flexibility index (Phi) is 4.63. The highest BCUT2D eigenvalue weighted by atomic mass is 16.5. The number of hydrogen-bond acceptors (Lipinski definition) is 6. The smallest absolute Gasteiger partial charge is 0.229 e. The molecule has 1 aromatic heterocycles. The molecule has 0 unspecified atom stereocenters. The number of nitrogens with two attached hydrogens (primary N) is 1. The van der Waals surface area contributed by atoms with Crippen molar-refractivity contribution >= 4 is 11.9 Å². The Labute approximate surface area is 112 Å². The number of nitrogens with zero attached hydrogens (tertiary/aromatic N) is 3. The minimum Gasteiger partial charge on any atom is -0.368 e. The fourth-order valence-electron chi connectivity index (χ4n) is 1.52. The van der Waals surface area contributed by atoms with Crippen molar-refractivity contribution in [3.05, 3.63) is 30.3 Å². The van der Waals surface area contributed by atoms with Crippen LogP contribution >= 0.6 is 0 Å². The quantitative estimate of drug-likeness (QED) is 0.609. The van der Waals surface area contributed by atoms with Crippen molar-refractivity contribution in [2.24, 2.45) is 0 Å². The van der Waals surface area contributed by atoms with Crippen LogP contribution in [0.1, 0.15) is 13.3 Å². The molecule has 2 aromatic rings. The van der Waals surface area contributed by atoms with Crippen LogP contribution in [-0.2, 0) is 4.74 Å². The van der Waals surface area contributed by atoms with Crippen LogP contribution in [0.15, 0.2) is 30.3 Å². The Balaban J connectivity index is 2.11. The summed E-state index contributed by atoms with van der Waals surface area (Å²) in [4.78, 5) is 12.5. The van der Waals surface area contributed by atoms with Crippen molar-refractivity contribution in [3.8, 4) is 11.4 Å². The van der Waals surface area contributed by atoms with Crippen LogP contribution in [0, 0.1) is 0 Å². The molecule has 6 heteroatoms. The molecule has 0 fully saturated rings. The molecule has 1 heterocycles. The average Bonchev–Trinajstić information content (AvgIpc) is 2.44. The summed E-state index contributed by atoms with van der Waals surface area (Å²) in [5, 5.41) is 2.97. The molecule has 0 radical (unpaired) electrons. The Hall–Kier alpha value is -2.21. The van der Waals surface area contributed by atoms with Crippen molar-refractivity contribution < 1.29 is 4.74 Å². The first-order valence-electron chi connectivity index (χ1n) is 6.18. The van der Waals surface area contributed by atoms with Crippen LogP contribution in [0.3, 0.4) is 0 Å².